The lowest BCUT2D eigenvalue weighted by Gasteiger charge is -2.40. The third-order valence-electron chi connectivity index (χ3n) is 4.94. The first-order valence-electron chi connectivity index (χ1n) is 7.84. The summed E-state index contributed by atoms with van der Waals surface area (Å²) in [6.07, 6.45) is 3.44. The van der Waals surface area contributed by atoms with Gasteiger partial charge in [0.25, 0.3) is 0 Å². The van der Waals surface area contributed by atoms with Crippen LogP contribution < -0.4 is 0 Å². The van der Waals surface area contributed by atoms with Crippen LogP contribution >= 0.6 is 11.6 Å². The van der Waals surface area contributed by atoms with Crippen molar-refractivity contribution >= 4 is 11.6 Å². The van der Waals surface area contributed by atoms with Crippen LogP contribution in [0.5, 0.6) is 0 Å². The van der Waals surface area contributed by atoms with Crippen molar-refractivity contribution in [3.05, 3.63) is 34.9 Å². The fourth-order valence-corrected chi connectivity index (χ4v) is 3.85. The van der Waals surface area contributed by atoms with Gasteiger partial charge in [-0.05, 0) is 45.0 Å². The summed E-state index contributed by atoms with van der Waals surface area (Å²) in [4.78, 5) is 4.83. The van der Waals surface area contributed by atoms with Gasteiger partial charge in [-0.3, -0.25) is 4.90 Å². The molecule has 2 heterocycles. The lowest BCUT2D eigenvalue weighted by atomic mass is 9.89. The van der Waals surface area contributed by atoms with Gasteiger partial charge < -0.3 is 9.64 Å². The summed E-state index contributed by atoms with van der Waals surface area (Å²) in [6.45, 7) is 3.95. The number of hydrogen-bond acceptors (Lipinski definition) is 3. The van der Waals surface area contributed by atoms with Crippen LogP contribution in [0.2, 0.25) is 5.02 Å². The van der Waals surface area contributed by atoms with Gasteiger partial charge in [0.1, 0.15) is 0 Å². The first-order chi connectivity index (χ1) is 10.1. The Labute approximate surface area is 132 Å². The summed E-state index contributed by atoms with van der Waals surface area (Å²) in [7, 11) is 4.36. The molecular formula is C17H25ClN2O. The highest BCUT2D eigenvalue weighted by atomic mass is 35.5. The second-order valence-electron chi connectivity index (χ2n) is 6.69. The lowest BCUT2D eigenvalue weighted by Crippen LogP contribution is -2.48. The highest BCUT2D eigenvalue weighted by Gasteiger charge is 2.43. The van der Waals surface area contributed by atoms with Crippen LogP contribution in [0.4, 0.5) is 0 Å². The van der Waals surface area contributed by atoms with Gasteiger partial charge in [0.05, 0.1) is 5.60 Å². The van der Waals surface area contributed by atoms with E-state index in [4.69, 9.17) is 16.3 Å². The minimum absolute atomic E-state index is 0.0639. The number of nitrogens with zero attached hydrogens (tertiary/aromatic N) is 2. The van der Waals surface area contributed by atoms with Crippen molar-refractivity contribution in [3.8, 4) is 0 Å². The van der Waals surface area contributed by atoms with Crippen LogP contribution in [-0.4, -0.2) is 55.2 Å². The van der Waals surface area contributed by atoms with Gasteiger partial charge in [-0.15, -0.1) is 0 Å². The molecule has 116 valence electrons. The minimum atomic E-state index is 0.0639. The van der Waals surface area contributed by atoms with Gasteiger partial charge in [-0.2, -0.15) is 0 Å². The number of rotatable bonds is 3. The Hall–Kier alpha value is -0.610. The van der Waals surface area contributed by atoms with Crippen molar-refractivity contribution in [1.82, 2.24) is 9.80 Å². The molecule has 2 saturated heterocycles. The van der Waals surface area contributed by atoms with E-state index in [1.54, 1.807) is 0 Å². The summed E-state index contributed by atoms with van der Waals surface area (Å²) in [5, 5.41) is 0.870. The maximum Gasteiger partial charge on any atom is 0.0835 e. The second kappa shape index (κ2) is 6.25. The van der Waals surface area contributed by atoms with Crippen molar-refractivity contribution in [2.75, 3.05) is 33.8 Å². The largest absolute Gasteiger partial charge is 0.373 e. The Morgan fingerprint density at radius 3 is 2.95 bits per heavy atom. The molecule has 1 aromatic rings. The number of likely N-dealkylation sites (tertiary alicyclic amines) is 1. The molecule has 1 aromatic carbocycles. The molecule has 2 aliphatic heterocycles. The second-order valence-corrected chi connectivity index (χ2v) is 7.10. The Morgan fingerprint density at radius 1 is 1.38 bits per heavy atom. The third-order valence-corrected chi connectivity index (χ3v) is 5.31. The molecule has 0 saturated carbocycles. The number of benzene rings is 1. The van der Waals surface area contributed by atoms with Crippen LogP contribution in [-0.2, 0) is 11.3 Å². The summed E-state index contributed by atoms with van der Waals surface area (Å²) in [5.41, 5.74) is 1.28. The molecule has 0 unspecified atom stereocenters. The van der Waals surface area contributed by atoms with E-state index in [-0.39, 0.29) is 5.60 Å². The van der Waals surface area contributed by atoms with Crippen molar-refractivity contribution < 1.29 is 4.74 Å². The Kier molecular flexibility index (Phi) is 4.55. The van der Waals surface area contributed by atoms with E-state index in [0.717, 1.165) is 50.5 Å². The van der Waals surface area contributed by atoms with E-state index in [9.17, 15) is 0 Å². The summed E-state index contributed by atoms with van der Waals surface area (Å²) < 4.78 is 6.20. The quantitative estimate of drug-likeness (QED) is 0.853. The van der Waals surface area contributed by atoms with Crippen LogP contribution in [0.1, 0.15) is 24.8 Å². The highest BCUT2D eigenvalue weighted by molar-refractivity contribution is 6.31. The average Bonchev–Trinajstić information content (AvgIpc) is 2.84. The van der Waals surface area contributed by atoms with Crippen molar-refractivity contribution in [1.29, 1.82) is 0 Å². The normalized spacial score (nSPS) is 30.4. The molecule has 0 aliphatic carbocycles. The lowest BCUT2D eigenvalue weighted by molar-refractivity contribution is -0.0932. The molecule has 4 heteroatoms. The van der Waals surface area contributed by atoms with Gasteiger partial charge >= 0.3 is 0 Å². The SMILES string of the molecule is CN(C)[C@H]1CCO[C@@]2(CCN(Cc3ccccc3Cl)C2)C1. The minimum Gasteiger partial charge on any atom is -0.373 e. The molecule has 2 atom stereocenters. The van der Waals surface area contributed by atoms with E-state index < -0.39 is 0 Å². The number of ether oxygens (including phenoxy) is 1. The summed E-state index contributed by atoms with van der Waals surface area (Å²) >= 11 is 6.28. The topological polar surface area (TPSA) is 15.7 Å². The molecule has 3 rings (SSSR count). The Morgan fingerprint density at radius 2 is 2.19 bits per heavy atom. The van der Waals surface area contributed by atoms with Gasteiger partial charge in [-0.25, -0.2) is 0 Å². The van der Waals surface area contributed by atoms with E-state index >= 15 is 0 Å². The first kappa shape index (κ1) is 15.3. The molecule has 2 aliphatic rings. The van der Waals surface area contributed by atoms with Crippen LogP contribution in [0.15, 0.2) is 24.3 Å². The maximum absolute atomic E-state index is 6.28. The molecule has 21 heavy (non-hydrogen) atoms. The van der Waals surface area contributed by atoms with E-state index in [1.807, 2.05) is 12.1 Å². The molecule has 3 nitrogen and oxygen atoms in total. The van der Waals surface area contributed by atoms with Gasteiger partial charge in [0.2, 0.25) is 0 Å². The molecule has 0 N–H and O–H groups in total. The van der Waals surface area contributed by atoms with Gasteiger partial charge in [0, 0.05) is 37.3 Å². The Balaban J connectivity index is 1.64. The first-order valence-corrected chi connectivity index (χ1v) is 8.22. The molecule has 0 bridgehead atoms. The van der Waals surface area contributed by atoms with Crippen molar-refractivity contribution in [3.63, 3.8) is 0 Å². The zero-order valence-electron chi connectivity index (χ0n) is 13.0. The average molecular weight is 309 g/mol. The fourth-order valence-electron chi connectivity index (χ4n) is 3.66. The number of halogens is 1. The molecule has 2 fully saturated rings. The van der Waals surface area contributed by atoms with Crippen LogP contribution in [0.3, 0.4) is 0 Å². The smallest absolute Gasteiger partial charge is 0.0835 e. The van der Waals surface area contributed by atoms with Crippen molar-refractivity contribution in [2.45, 2.75) is 37.5 Å². The van der Waals surface area contributed by atoms with Gasteiger partial charge in [-0.1, -0.05) is 29.8 Å². The molecule has 0 aromatic heterocycles. The molecule has 0 amide bonds. The predicted molar refractivity (Wildman–Crippen MR) is 86.7 cm³/mol. The zero-order valence-corrected chi connectivity index (χ0v) is 13.8. The molecule has 0 radical (unpaired) electrons. The predicted octanol–water partition coefficient (Wildman–Crippen LogP) is 3.03. The molecular weight excluding hydrogens is 284 g/mol. The van der Waals surface area contributed by atoms with E-state index in [0.29, 0.717) is 6.04 Å². The van der Waals surface area contributed by atoms with E-state index in [2.05, 4.69) is 36.0 Å². The van der Waals surface area contributed by atoms with Gasteiger partial charge in [0.15, 0.2) is 0 Å². The third kappa shape index (κ3) is 3.42. The standard InChI is InChI=1S/C17H25ClN2O/c1-19(2)15-7-10-21-17(11-15)8-9-20(13-17)12-14-5-3-4-6-16(14)18/h3-6,15H,7-13H2,1-2H3/t15-,17-/m0/s1. The van der Waals surface area contributed by atoms with Crippen molar-refractivity contribution in [2.24, 2.45) is 0 Å². The Bertz CT molecular complexity index is 493. The monoisotopic (exact) mass is 308 g/mol. The summed E-state index contributed by atoms with van der Waals surface area (Å²) in [6, 6.07) is 8.80. The fraction of sp³-hybridized carbons (Fsp3) is 0.647. The molecule has 1 spiro atoms. The summed E-state index contributed by atoms with van der Waals surface area (Å²) in [5.74, 6) is 0. The van der Waals surface area contributed by atoms with Crippen LogP contribution in [0, 0.1) is 0 Å². The highest BCUT2D eigenvalue weighted by Crippen LogP contribution is 2.36. The number of hydrogen-bond donors (Lipinski definition) is 0. The zero-order chi connectivity index (χ0) is 14.9. The van der Waals surface area contributed by atoms with Crippen LogP contribution in [0.25, 0.3) is 0 Å². The van der Waals surface area contributed by atoms with E-state index in [1.165, 1.54) is 5.56 Å². The maximum atomic E-state index is 6.28.